The van der Waals surface area contributed by atoms with Crippen molar-refractivity contribution in [3.8, 4) is 0 Å². The van der Waals surface area contributed by atoms with Gasteiger partial charge in [0, 0.05) is 12.6 Å². The third-order valence-electron chi connectivity index (χ3n) is 1.60. The third-order valence-corrected chi connectivity index (χ3v) is 1.60. The summed E-state index contributed by atoms with van der Waals surface area (Å²) >= 11 is 0. The van der Waals surface area contributed by atoms with Crippen LogP contribution in [0.5, 0.6) is 0 Å². The predicted molar refractivity (Wildman–Crippen MR) is 39.2 cm³/mol. The first kappa shape index (κ1) is 7.03. The maximum Gasteiger partial charge on any atom is 0.0136 e. The van der Waals surface area contributed by atoms with Gasteiger partial charge in [0.25, 0.3) is 0 Å². The molecule has 1 fully saturated rings. The summed E-state index contributed by atoms with van der Waals surface area (Å²) in [6.07, 6.45) is 2.85. The highest BCUT2D eigenvalue weighted by molar-refractivity contribution is 4.75. The zero-order valence-corrected chi connectivity index (χ0v) is 6.06. The largest absolute Gasteiger partial charge is 0.327 e. The molecule has 1 saturated carbocycles. The number of hydrogen-bond acceptors (Lipinski definition) is 2. The molecule has 0 aliphatic heterocycles. The van der Waals surface area contributed by atoms with Gasteiger partial charge in [0.15, 0.2) is 0 Å². The molecule has 1 atom stereocenters. The fourth-order valence-electron chi connectivity index (χ4n) is 0.837. The lowest BCUT2D eigenvalue weighted by Gasteiger charge is -2.05. The van der Waals surface area contributed by atoms with E-state index in [9.17, 15) is 0 Å². The van der Waals surface area contributed by atoms with Crippen molar-refractivity contribution in [3.05, 3.63) is 0 Å². The van der Waals surface area contributed by atoms with E-state index in [1.165, 1.54) is 19.4 Å². The summed E-state index contributed by atoms with van der Waals surface area (Å²) in [5, 5.41) is 3.32. The minimum absolute atomic E-state index is 0.309. The summed E-state index contributed by atoms with van der Waals surface area (Å²) in [7, 11) is 0. The molecule has 3 N–H and O–H groups in total. The second-order valence-corrected chi connectivity index (χ2v) is 3.08. The summed E-state index contributed by atoms with van der Waals surface area (Å²) in [4.78, 5) is 0. The van der Waals surface area contributed by atoms with E-state index in [2.05, 4.69) is 5.32 Å². The Morgan fingerprint density at radius 1 is 1.67 bits per heavy atom. The molecular formula is C7H16N2. The van der Waals surface area contributed by atoms with E-state index in [1.807, 2.05) is 6.92 Å². The monoisotopic (exact) mass is 128 g/mol. The fraction of sp³-hybridized carbons (Fsp3) is 1.00. The van der Waals surface area contributed by atoms with Gasteiger partial charge >= 0.3 is 0 Å². The molecule has 0 saturated heterocycles. The van der Waals surface area contributed by atoms with Crippen LogP contribution >= 0.6 is 0 Å². The lowest BCUT2D eigenvalue weighted by atomic mass is 10.3. The predicted octanol–water partition coefficient (Wildman–Crippen LogP) is 0.333. The molecule has 0 amide bonds. The van der Waals surface area contributed by atoms with Gasteiger partial charge in [0.1, 0.15) is 0 Å². The van der Waals surface area contributed by atoms with E-state index in [1.54, 1.807) is 0 Å². The number of nitrogens with one attached hydrogen (secondary N) is 1. The van der Waals surface area contributed by atoms with Crippen molar-refractivity contribution in [1.82, 2.24) is 5.32 Å². The Labute approximate surface area is 56.8 Å². The van der Waals surface area contributed by atoms with Gasteiger partial charge in [-0.3, -0.25) is 0 Å². The molecule has 2 heteroatoms. The van der Waals surface area contributed by atoms with Crippen molar-refractivity contribution < 1.29 is 0 Å². The molecule has 1 rings (SSSR count). The highest BCUT2D eigenvalue weighted by Crippen LogP contribution is 2.27. The molecule has 0 radical (unpaired) electrons. The van der Waals surface area contributed by atoms with E-state index >= 15 is 0 Å². The second kappa shape index (κ2) is 3.18. The molecule has 9 heavy (non-hydrogen) atoms. The molecule has 2 nitrogen and oxygen atoms in total. The van der Waals surface area contributed by atoms with Gasteiger partial charge < -0.3 is 11.1 Å². The molecule has 0 aromatic carbocycles. The van der Waals surface area contributed by atoms with Gasteiger partial charge in [0.05, 0.1) is 0 Å². The number of rotatable bonds is 4. The van der Waals surface area contributed by atoms with E-state index in [-0.39, 0.29) is 0 Å². The first-order valence-corrected chi connectivity index (χ1v) is 3.75. The second-order valence-electron chi connectivity index (χ2n) is 3.08. The lowest BCUT2D eigenvalue weighted by Crippen LogP contribution is -2.32. The Morgan fingerprint density at radius 3 is 2.78 bits per heavy atom. The van der Waals surface area contributed by atoms with Crippen molar-refractivity contribution in [2.24, 2.45) is 11.7 Å². The zero-order valence-electron chi connectivity index (χ0n) is 6.06. The van der Waals surface area contributed by atoms with Crippen LogP contribution in [0, 0.1) is 5.92 Å². The Balaban J connectivity index is 1.81. The normalized spacial score (nSPS) is 22.0. The van der Waals surface area contributed by atoms with Gasteiger partial charge in [-0.25, -0.2) is 0 Å². The Bertz CT molecular complexity index is 75.0. The van der Waals surface area contributed by atoms with Crippen LogP contribution in [0.4, 0.5) is 0 Å². The zero-order chi connectivity index (χ0) is 6.69. The van der Waals surface area contributed by atoms with Gasteiger partial charge in [-0.2, -0.15) is 0 Å². The SMILES string of the molecule is C[C@@H](N)CNCC1CC1. The van der Waals surface area contributed by atoms with Crippen molar-refractivity contribution >= 4 is 0 Å². The summed E-state index contributed by atoms with van der Waals surface area (Å²) in [5.74, 6) is 0.976. The van der Waals surface area contributed by atoms with E-state index in [0.717, 1.165) is 12.5 Å². The molecule has 0 aromatic rings. The molecule has 1 aliphatic carbocycles. The van der Waals surface area contributed by atoms with Crippen molar-refractivity contribution in [3.63, 3.8) is 0 Å². The van der Waals surface area contributed by atoms with E-state index in [0.29, 0.717) is 6.04 Å². The van der Waals surface area contributed by atoms with Crippen LogP contribution in [0.2, 0.25) is 0 Å². The van der Waals surface area contributed by atoms with Gasteiger partial charge in [-0.05, 0) is 32.2 Å². The lowest BCUT2D eigenvalue weighted by molar-refractivity contribution is 0.583. The van der Waals surface area contributed by atoms with Gasteiger partial charge in [0.2, 0.25) is 0 Å². The highest BCUT2D eigenvalue weighted by atomic mass is 14.9. The fourth-order valence-corrected chi connectivity index (χ4v) is 0.837. The van der Waals surface area contributed by atoms with Crippen LogP contribution in [0.25, 0.3) is 0 Å². The minimum Gasteiger partial charge on any atom is -0.327 e. The van der Waals surface area contributed by atoms with Crippen LogP contribution < -0.4 is 11.1 Å². The molecule has 1 aliphatic rings. The maximum absolute atomic E-state index is 5.54. The van der Waals surface area contributed by atoms with Gasteiger partial charge in [-0.15, -0.1) is 0 Å². The van der Waals surface area contributed by atoms with Crippen molar-refractivity contribution in [2.45, 2.75) is 25.8 Å². The first-order chi connectivity index (χ1) is 4.29. The topological polar surface area (TPSA) is 38.0 Å². The van der Waals surface area contributed by atoms with Crippen LogP contribution in [0.1, 0.15) is 19.8 Å². The van der Waals surface area contributed by atoms with E-state index in [4.69, 9.17) is 5.73 Å². The van der Waals surface area contributed by atoms with Crippen molar-refractivity contribution in [1.29, 1.82) is 0 Å². The highest BCUT2D eigenvalue weighted by Gasteiger charge is 2.19. The average molecular weight is 128 g/mol. The van der Waals surface area contributed by atoms with Crippen LogP contribution in [-0.4, -0.2) is 19.1 Å². The summed E-state index contributed by atoms with van der Waals surface area (Å²) < 4.78 is 0. The first-order valence-electron chi connectivity index (χ1n) is 3.75. The smallest absolute Gasteiger partial charge is 0.0136 e. The molecule has 0 bridgehead atoms. The molecule has 0 heterocycles. The van der Waals surface area contributed by atoms with Crippen LogP contribution in [0.3, 0.4) is 0 Å². The number of nitrogens with two attached hydrogens (primary N) is 1. The molecular weight excluding hydrogens is 112 g/mol. The summed E-state index contributed by atoms with van der Waals surface area (Å²) in [6.45, 7) is 4.18. The number of hydrogen-bond donors (Lipinski definition) is 2. The summed E-state index contributed by atoms with van der Waals surface area (Å²) in [6, 6.07) is 0.309. The molecule has 0 spiro atoms. The van der Waals surface area contributed by atoms with Crippen LogP contribution in [-0.2, 0) is 0 Å². The third kappa shape index (κ3) is 3.49. The molecule has 54 valence electrons. The standard InChI is InChI=1S/C7H16N2/c1-6(8)4-9-5-7-2-3-7/h6-7,9H,2-5,8H2,1H3/t6-/m1/s1. The Hall–Kier alpha value is -0.0800. The van der Waals surface area contributed by atoms with E-state index < -0.39 is 0 Å². The molecule has 0 unspecified atom stereocenters. The van der Waals surface area contributed by atoms with Crippen LogP contribution in [0.15, 0.2) is 0 Å². The quantitative estimate of drug-likeness (QED) is 0.572. The average Bonchev–Trinajstić information content (AvgIpc) is 2.48. The summed E-state index contributed by atoms with van der Waals surface area (Å²) in [5.41, 5.74) is 5.54. The van der Waals surface area contributed by atoms with Gasteiger partial charge in [-0.1, -0.05) is 0 Å². The van der Waals surface area contributed by atoms with Crippen molar-refractivity contribution in [2.75, 3.05) is 13.1 Å². The Kier molecular flexibility index (Phi) is 2.49. The Morgan fingerprint density at radius 2 is 2.33 bits per heavy atom. The minimum atomic E-state index is 0.309. The molecule has 0 aromatic heterocycles. The maximum atomic E-state index is 5.54.